The molecule has 3 aromatic rings. The molecule has 0 aromatic heterocycles. The van der Waals surface area contributed by atoms with Gasteiger partial charge in [0, 0.05) is 5.69 Å². The minimum absolute atomic E-state index is 0.0934. The van der Waals surface area contributed by atoms with Crippen molar-refractivity contribution in [2.75, 3.05) is 10.2 Å². The molecule has 1 aliphatic rings. The summed E-state index contributed by atoms with van der Waals surface area (Å²) < 4.78 is 5.63. The van der Waals surface area contributed by atoms with Gasteiger partial charge in [0.1, 0.15) is 16.5 Å². The average molecular weight is 530 g/mol. The molecule has 0 saturated carbocycles. The molecule has 0 radical (unpaired) electrons. The van der Waals surface area contributed by atoms with Crippen LogP contribution in [0.3, 0.4) is 0 Å². The third kappa shape index (κ3) is 4.78. The van der Waals surface area contributed by atoms with Crippen LogP contribution < -0.4 is 15.0 Å². The van der Waals surface area contributed by atoms with Crippen molar-refractivity contribution in [3.05, 3.63) is 97.6 Å². The second-order valence-electron chi connectivity index (χ2n) is 7.98. The van der Waals surface area contributed by atoms with Gasteiger partial charge < -0.3 is 10.1 Å². The molecular weight excluding hydrogens is 511 g/mol. The van der Waals surface area contributed by atoms with E-state index in [4.69, 9.17) is 39.5 Å². The zero-order chi connectivity index (χ0) is 25.4. The standard InChI is InChI=1S/C26H19Cl3N2O4/c1-13-4-5-14(2)23(15(13)3)35-26(34)16-6-8-17(9-7-16)30-22-21(29)24(32)31(25(22)33)18-10-11-19(27)20(28)12-18/h4-12,30H,1-3H3. The molecule has 3 aromatic carbocycles. The molecule has 4 rings (SSSR count). The second-order valence-corrected chi connectivity index (χ2v) is 9.17. The van der Waals surface area contributed by atoms with E-state index in [1.54, 1.807) is 24.3 Å². The Labute approximate surface area is 217 Å². The van der Waals surface area contributed by atoms with Crippen molar-refractivity contribution in [2.24, 2.45) is 0 Å². The molecule has 0 saturated heterocycles. The number of hydrogen-bond donors (Lipinski definition) is 1. The maximum absolute atomic E-state index is 12.9. The summed E-state index contributed by atoms with van der Waals surface area (Å²) >= 11 is 18.1. The molecule has 1 N–H and O–H groups in total. The summed E-state index contributed by atoms with van der Waals surface area (Å²) in [6.07, 6.45) is 0. The summed E-state index contributed by atoms with van der Waals surface area (Å²) in [7, 11) is 0. The number of ether oxygens (including phenoxy) is 1. The first-order valence-electron chi connectivity index (χ1n) is 10.5. The lowest BCUT2D eigenvalue weighted by atomic mass is 10.1. The number of nitrogens with zero attached hydrogens (tertiary/aromatic N) is 1. The number of carbonyl (C=O) groups is 3. The van der Waals surface area contributed by atoms with Gasteiger partial charge in [-0.15, -0.1) is 0 Å². The van der Waals surface area contributed by atoms with E-state index in [1.807, 2.05) is 32.9 Å². The number of nitrogens with one attached hydrogen (secondary N) is 1. The summed E-state index contributed by atoms with van der Waals surface area (Å²) in [6.45, 7) is 5.72. The van der Waals surface area contributed by atoms with E-state index >= 15 is 0 Å². The Kier molecular flexibility index (Phi) is 6.90. The second kappa shape index (κ2) is 9.74. The molecule has 35 heavy (non-hydrogen) atoms. The van der Waals surface area contributed by atoms with E-state index in [0.29, 0.717) is 22.0 Å². The van der Waals surface area contributed by atoms with Crippen LogP contribution in [0, 0.1) is 20.8 Å². The quantitative estimate of drug-likeness (QED) is 0.230. The topological polar surface area (TPSA) is 75.7 Å². The van der Waals surface area contributed by atoms with Crippen LogP contribution in [-0.2, 0) is 9.59 Å². The summed E-state index contributed by atoms with van der Waals surface area (Å²) in [5, 5.41) is 3.08. The first kappa shape index (κ1) is 24.8. The van der Waals surface area contributed by atoms with Crippen LogP contribution in [0.1, 0.15) is 27.0 Å². The minimum Gasteiger partial charge on any atom is -0.422 e. The number of benzene rings is 3. The molecule has 9 heteroatoms. The Morgan fingerprint density at radius 2 is 1.49 bits per heavy atom. The largest absolute Gasteiger partial charge is 0.422 e. The van der Waals surface area contributed by atoms with Crippen LogP contribution in [0.25, 0.3) is 0 Å². The van der Waals surface area contributed by atoms with Crippen molar-refractivity contribution in [3.8, 4) is 5.75 Å². The smallest absolute Gasteiger partial charge is 0.343 e. The molecule has 0 spiro atoms. The highest BCUT2D eigenvalue weighted by molar-refractivity contribution is 6.53. The zero-order valence-corrected chi connectivity index (χ0v) is 21.2. The monoisotopic (exact) mass is 528 g/mol. The van der Waals surface area contributed by atoms with Gasteiger partial charge in [-0.2, -0.15) is 0 Å². The average Bonchev–Trinajstić information content (AvgIpc) is 3.04. The van der Waals surface area contributed by atoms with Crippen molar-refractivity contribution in [1.82, 2.24) is 0 Å². The van der Waals surface area contributed by atoms with Gasteiger partial charge in [0.25, 0.3) is 11.8 Å². The molecule has 178 valence electrons. The van der Waals surface area contributed by atoms with E-state index < -0.39 is 17.8 Å². The highest BCUT2D eigenvalue weighted by Gasteiger charge is 2.39. The Bertz CT molecular complexity index is 1410. The summed E-state index contributed by atoms with van der Waals surface area (Å²) in [4.78, 5) is 39.2. The van der Waals surface area contributed by atoms with Gasteiger partial charge in [-0.25, -0.2) is 9.69 Å². The predicted octanol–water partition coefficient (Wildman–Crippen LogP) is 6.57. The molecule has 0 aliphatic carbocycles. The lowest BCUT2D eigenvalue weighted by Crippen LogP contribution is -2.32. The Hall–Kier alpha value is -3.32. The molecule has 2 amide bonds. The number of rotatable bonds is 5. The normalized spacial score (nSPS) is 13.5. The number of imide groups is 1. The van der Waals surface area contributed by atoms with E-state index in [9.17, 15) is 14.4 Å². The molecule has 0 atom stereocenters. The number of hydrogen-bond acceptors (Lipinski definition) is 5. The third-order valence-electron chi connectivity index (χ3n) is 5.65. The van der Waals surface area contributed by atoms with E-state index in [1.165, 1.54) is 18.2 Å². The molecular formula is C26H19Cl3N2O4. The molecule has 1 heterocycles. The number of esters is 1. The van der Waals surface area contributed by atoms with Crippen molar-refractivity contribution in [1.29, 1.82) is 0 Å². The SMILES string of the molecule is Cc1ccc(C)c(OC(=O)c2ccc(NC3=C(Cl)C(=O)N(c4ccc(Cl)c(Cl)c4)C3=O)cc2)c1C. The summed E-state index contributed by atoms with van der Waals surface area (Å²) in [5.74, 6) is -1.32. The van der Waals surface area contributed by atoms with Gasteiger partial charge >= 0.3 is 5.97 Å². The minimum atomic E-state index is -0.693. The van der Waals surface area contributed by atoms with Crippen LogP contribution in [-0.4, -0.2) is 17.8 Å². The van der Waals surface area contributed by atoms with Crippen molar-refractivity contribution in [2.45, 2.75) is 20.8 Å². The summed E-state index contributed by atoms with van der Waals surface area (Å²) in [5.41, 5.74) is 3.70. The third-order valence-corrected chi connectivity index (χ3v) is 6.74. The van der Waals surface area contributed by atoms with Crippen LogP contribution >= 0.6 is 34.8 Å². The fourth-order valence-corrected chi connectivity index (χ4v) is 4.04. The lowest BCUT2D eigenvalue weighted by molar-refractivity contribution is -0.120. The number of aryl methyl sites for hydroxylation is 2. The molecule has 6 nitrogen and oxygen atoms in total. The first-order chi connectivity index (χ1) is 16.6. The number of amides is 2. The zero-order valence-electron chi connectivity index (χ0n) is 18.9. The number of anilines is 2. The van der Waals surface area contributed by atoms with Crippen molar-refractivity contribution >= 4 is 64.0 Å². The highest BCUT2D eigenvalue weighted by Crippen LogP contribution is 2.34. The fraction of sp³-hybridized carbons (Fsp3) is 0.115. The van der Waals surface area contributed by atoms with E-state index in [-0.39, 0.29) is 21.4 Å². The van der Waals surface area contributed by atoms with Gasteiger partial charge in [-0.3, -0.25) is 9.59 Å². The van der Waals surface area contributed by atoms with Gasteiger partial charge in [-0.1, -0.05) is 46.9 Å². The van der Waals surface area contributed by atoms with Gasteiger partial charge in [0.15, 0.2) is 0 Å². The molecule has 0 unspecified atom stereocenters. The molecule has 0 bridgehead atoms. The predicted molar refractivity (Wildman–Crippen MR) is 138 cm³/mol. The Morgan fingerprint density at radius 3 is 2.14 bits per heavy atom. The number of halogens is 3. The Balaban J connectivity index is 1.51. The number of carbonyl (C=O) groups excluding carboxylic acids is 3. The summed E-state index contributed by atoms with van der Waals surface area (Å²) in [6, 6.07) is 14.5. The Morgan fingerprint density at radius 1 is 0.829 bits per heavy atom. The van der Waals surface area contributed by atoms with Crippen LogP contribution in [0.2, 0.25) is 10.0 Å². The van der Waals surface area contributed by atoms with Crippen LogP contribution in [0.5, 0.6) is 5.75 Å². The van der Waals surface area contributed by atoms with Gasteiger partial charge in [-0.05, 0) is 79.9 Å². The maximum Gasteiger partial charge on any atom is 0.343 e. The van der Waals surface area contributed by atoms with E-state index in [0.717, 1.165) is 21.6 Å². The molecule has 0 fully saturated rings. The molecule has 1 aliphatic heterocycles. The van der Waals surface area contributed by atoms with Crippen LogP contribution in [0.15, 0.2) is 65.3 Å². The van der Waals surface area contributed by atoms with Gasteiger partial charge in [0.05, 0.1) is 21.3 Å². The van der Waals surface area contributed by atoms with E-state index in [2.05, 4.69) is 5.32 Å². The van der Waals surface area contributed by atoms with Crippen LogP contribution in [0.4, 0.5) is 11.4 Å². The lowest BCUT2D eigenvalue weighted by Gasteiger charge is -2.16. The maximum atomic E-state index is 12.9. The fourth-order valence-electron chi connectivity index (χ4n) is 3.54. The van der Waals surface area contributed by atoms with Gasteiger partial charge in [0.2, 0.25) is 0 Å². The van der Waals surface area contributed by atoms with Crippen molar-refractivity contribution < 1.29 is 19.1 Å². The van der Waals surface area contributed by atoms with Crippen molar-refractivity contribution in [3.63, 3.8) is 0 Å². The highest BCUT2D eigenvalue weighted by atomic mass is 35.5. The first-order valence-corrected chi connectivity index (χ1v) is 11.6.